The molecule has 0 aromatic heterocycles. The Balaban J connectivity index is 2.59. The van der Waals surface area contributed by atoms with Gasteiger partial charge in [0, 0.05) is 13.8 Å². The summed E-state index contributed by atoms with van der Waals surface area (Å²) in [7, 11) is 0. The van der Waals surface area contributed by atoms with Gasteiger partial charge in [0.25, 0.3) is 0 Å². The molecular formula is C22H31NO9. The third kappa shape index (κ3) is 10.3. The van der Waals surface area contributed by atoms with E-state index >= 15 is 0 Å². The first kappa shape index (κ1) is 26.9. The van der Waals surface area contributed by atoms with E-state index in [4.69, 9.17) is 29.4 Å². The van der Waals surface area contributed by atoms with Crippen LogP contribution in [0.4, 0.5) is 4.79 Å². The van der Waals surface area contributed by atoms with Crippen molar-refractivity contribution in [2.24, 2.45) is 11.7 Å². The Bertz CT molecular complexity index is 809. The van der Waals surface area contributed by atoms with Crippen molar-refractivity contribution in [3.8, 4) is 11.5 Å². The van der Waals surface area contributed by atoms with Crippen LogP contribution >= 0.6 is 0 Å². The molecule has 1 unspecified atom stereocenters. The molecule has 0 fully saturated rings. The van der Waals surface area contributed by atoms with Gasteiger partial charge in [0.1, 0.15) is 18.8 Å². The van der Waals surface area contributed by atoms with Crippen molar-refractivity contribution in [1.82, 2.24) is 0 Å². The summed E-state index contributed by atoms with van der Waals surface area (Å²) in [5.41, 5.74) is 6.46. The number of ether oxygens (including phenoxy) is 5. The second kappa shape index (κ2) is 13.3. The van der Waals surface area contributed by atoms with Crippen LogP contribution in [-0.4, -0.2) is 49.4 Å². The molecule has 32 heavy (non-hydrogen) atoms. The van der Waals surface area contributed by atoms with Gasteiger partial charge in [-0.25, -0.2) is 4.79 Å². The number of carbonyl (C=O) groups excluding carboxylic acids is 4. The van der Waals surface area contributed by atoms with E-state index in [1.165, 1.54) is 26.0 Å². The maximum Gasteiger partial charge on any atom is 0.508 e. The van der Waals surface area contributed by atoms with E-state index in [9.17, 15) is 19.2 Å². The minimum atomic E-state index is -1.02. The molecule has 1 aromatic carbocycles. The lowest BCUT2D eigenvalue weighted by atomic mass is 10.1. The summed E-state index contributed by atoms with van der Waals surface area (Å²) in [6, 6.07) is 3.45. The predicted octanol–water partition coefficient (Wildman–Crippen LogP) is 2.54. The number of benzene rings is 1. The van der Waals surface area contributed by atoms with E-state index in [1.807, 2.05) is 13.8 Å². The Morgan fingerprint density at radius 3 is 2.16 bits per heavy atom. The average molecular weight is 453 g/mol. The number of rotatable bonds is 11. The molecule has 0 saturated heterocycles. The molecule has 3 atom stereocenters. The van der Waals surface area contributed by atoms with Gasteiger partial charge < -0.3 is 29.4 Å². The summed E-state index contributed by atoms with van der Waals surface area (Å²) in [6.07, 6.45) is -0.606. The summed E-state index contributed by atoms with van der Waals surface area (Å²) in [5.74, 6) is -1.56. The van der Waals surface area contributed by atoms with Gasteiger partial charge in [-0.15, -0.1) is 0 Å². The van der Waals surface area contributed by atoms with Crippen LogP contribution < -0.4 is 15.2 Å². The Hall–Kier alpha value is -3.14. The van der Waals surface area contributed by atoms with Crippen molar-refractivity contribution in [2.45, 2.75) is 59.6 Å². The number of esters is 3. The first-order chi connectivity index (χ1) is 15.0. The van der Waals surface area contributed by atoms with Gasteiger partial charge in [-0.3, -0.25) is 14.4 Å². The topological polar surface area (TPSA) is 140 Å². The van der Waals surface area contributed by atoms with Crippen LogP contribution in [0.15, 0.2) is 18.2 Å². The standard InChI is InChI=1S/C22H31NO9/c1-6-13(2)11-29-22(27)30-14(3)12-28-21(26)18(23)9-17-7-8-19(31-15(4)24)20(10-17)32-16(5)25/h7-8,10,13-14,18H,6,9,11-12,23H2,1-5H3/t13?,14-,18-/m0/s1. The Labute approximate surface area is 187 Å². The van der Waals surface area contributed by atoms with Gasteiger partial charge in [-0.05, 0) is 37.0 Å². The molecule has 0 aliphatic rings. The van der Waals surface area contributed by atoms with E-state index in [0.717, 1.165) is 6.42 Å². The third-order valence-electron chi connectivity index (χ3n) is 4.21. The summed E-state index contributed by atoms with van der Waals surface area (Å²) < 4.78 is 25.2. The minimum absolute atomic E-state index is 0.0312. The molecule has 10 heteroatoms. The summed E-state index contributed by atoms with van der Waals surface area (Å²) >= 11 is 0. The lowest BCUT2D eigenvalue weighted by molar-refractivity contribution is -0.148. The van der Waals surface area contributed by atoms with Gasteiger partial charge >= 0.3 is 24.1 Å². The van der Waals surface area contributed by atoms with Crippen molar-refractivity contribution in [3.05, 3.63) is 23.8 Å². The van der Waals surface area contributed by atoms with Crippen molar-refractivity contribution >= 4 is 24.1 Å². The summed E-state index contributed by atoms with van der Waals surface area (Å²) in [6.45, 7) is 7.97. The molecule has 0 amide bonds. The molecule has 178 valence electrons. The van der Waals surface area contributed by atoms with Gasteiger partial charge in [-0.2, -0.15) is 0 Å². The molecule has 0 aliphatic carbocycles. The third-order valence-corrected chi connectivity index (χ3v) is 4.21. The fraction of sp³-hybridized carbons (Fsp3) is 0.545. The van der Waals surface area contributed by atoms with E-state index in [0.29, 0.717) is 5.56 Å². The fourth-order valence-corrected chi connectivity index (χ4v) is 2.36. The Morgan fingerprint density at radius 1 is 0.938 bits per heavy atom. The van der Waals surface area contributed by atoms with Gasteiger partial charge in [0.15, 0.2) is 11.5 Å². The maximum absolute atomic E-state index is 12.2. The van der Waals surface area contributed by atoms with E-state index in [1.54, 1.807) is 13.0 Å². The highest BCUT2D eigenvalue weighted by atomic mass is 16.7. The normalized spacial score (nSPS) is 13.3. The number of nitrogens with two attached hydrogens (primary N) is 1. The molecule has 0 saturated carbocycles. The van der Waals surface area contributed by atoms with Crippen LogP contribution in [0.5, 0.6) is 11.5 Å². The van der Waals surface area contributed by atoms with Crippen LogP contribution in [0.1, 0.15) is 46.6 Å². The SMILES string of the molecule is CCC(C)COC(=O)O[C@@H](C)COC(=O)[C@@H](N)Cc1ccc(OC(C)=O)c(OC(C)=O)c1. The van der Waals surface area contributed by atoms with Gasteiger partial charge in [0.05, 0.1) is 6.61 Å². The van der Waals surface area contributed by atoms with Crippen LogP contribution in [0.25, 0.3) is 0 Å². The van der Waals surface area contributed by atoms with E-state index in [-0.39, 0.29) is 37.1 Å². The second-order valence-electron chi connectivity index (χ2n) is 7.41. The zero-order chi connectivity index (χ0) is 24.3. The van der Waals surface area contributed by atoms with Crippen LogP contribution in [-0.2, 0) is 35.0 Å². The molecule has 0 heterocycles. The first-order valence-corrected chi connectivity index (χ1v) is 10.3. The summed E-state index contributed by atoms with van der Waals surface area (Å²) in [4.78, 5) is 46.3. The monoisotopic (exact) mass is 453 g/mol. The molecule has 2 N–H and O–H groups in total. The first-order valence-electron chi connectivity index (χ1n) is 10.3. The molecule has 1 rings (SSSR count). The second-order valence-corrected chi connectivity index (χ2v) is 7.41. The highest BCUT2D eigenvalue weighted by Crippen LogP contribution is 2.29. The molecule has 0 radical (unpaired) electrons. The number of hydrogen-bond donors (Lipinski definition) is 1. The van der Waals surface area contributed by atoms with E-state index < -0.39 is 36.2 Å². The van der Waals surface area contributed by atoms with Gasteiger partial charge in [-0.1, -0.05) is 26.3 Å². The number of carbonyl (C=O) groups is 4. The van der Waals surface area contributed by atoms with Crippen LogP contribution in [0, 0.1) is 5.92 Å². The maximum atomic E-state index is 12.2. The molecule has 0 spiro atoms. The molecular weight excluding hydrogens is 422 g/mol. The minimum Gasteiger partial charge on any atom is -0.461 e. The van der Waals surface area contributed by atoms with Crippen LogP contribution in [0.2, 0.25) is 0 Å². The van der Waals surface area contributed by atoms with Crippen LogP contribution in [0.3, 0.4) is 0 Å². The Kier molecular flexibility index (Phi) is 11.2. The van der Waals surface area contributed by atoms with Crippen molar-refractivity contribution in [3.63, 3.8) is 0 Å². The molecule has 10 nitrogen and oxygen atoms in total. The van der Waals surface area contributed by atoms with Crippen molar-refractivity contribution < 1.29 is 42.9 Å². The highest BCUT2D eigenvalue weighted by Gasteiger charge is 2.20. The zero-order valence-electron chi connectivity index (χ0n) is 19.0. The highest BCUT2D eigenvalue weighted by molar-refractivity contribution is 5.76. The average Bonchev–Trinajstić information content (AvgIpc) is 2.71. The molecule has 1 aromatic rings. The smallest absolute Gasteiger partial charge is 0.461 e. The van der Waals surface area contributed by atoms with Crippen molar-refractivity contribution in [2.75, 3.05) is 13.2 Å². The lowest BCUT2D eigenvalue weighted by Gasteiger charge is -2.17. The Morgan fingerprint density at radius 2 is 1.56 bits per heavy atom. The van der Waals surface area contributed by atoms with Gasteiger partial charge in [0.2, 0.25) is 0 Å². The molecule has 0 aliphatic heterocycles. The molecule has 0 bridgehead atoms. The summed E-state index contributed by atoms with van der Waals surface area (Å²) in [5, 5.41) is 0. The van der Waals surface area contributed by atoms with E-state index in [2.05, 4.69) is 0 Å². The van der Waals surface area contributed by atoms with Crippen molar-refractivity contribution in [1.29, 1.82) is 0 Å². The fourth-order valence-electron chi connectivity index (χ4n) is 2.36. The quantitative estimate of drug-likeness (QED) is 0.392. The predicted molar refractivity (Wildman–Crippen MR) is 113 cm³/mol. The lowest BCUT2D eigenvalue weighted by Crippen LogP contribution is -2.36. The zero-order valence-corrected chi connectivity index (χ0v) is 19.0. The number of hydrogen-bond acceptors (Lipinski definition) is 10. The largest absolute Gasteiger partial charge is 0.508 e.